The van der Waals surface area contributed by atoms with Crippen molar-refractivity contribution in [2.75, 3.05) is 25.3 Å². The highest BCUT2D eigenvalue weighted by Crippen LogP contribution is 2.37. The maximum absolute atomic E-state index is 11.3. The number of methoxy groups -OCH3 is 2. The summed E-state index contributed by atoms with van der Waals surface area (Å²) in [6.07, 6.45) is 7.03. The van der Waals surface area contributed by atoms with Gasteiger partial charge in [0.25, 0.3) is 0 Å². The maximum Gasteiger partial charge on any atom is 0.246 e. The molecule has 2 rings (SSSR count). The zero-order valence-electron chi connectivity index (χ0n) is 18.1. The van der Waals surface area contributed by atoms with Crippen LogP contribution in [0.2, 0.25) is 0 Å². The summed E-state index contributed by atoms with van der Waals surface area (Å²) in [5.41, 5.74) is 6.18. The first kappa shape index (κ1) is 25.0. The zero-order valence-corrected chi connectivity index (χ0v) is 18.9. The van der Waals surface area contributed by atoms with Gasteiger partial charge < -0.3 is 20.5 Å². The van der Waals surface area contributed by atoms with E-state index >= 15 is 0 Å². The number of carbonyl (C=O) groups excluding carboxylic acids is 2. The number of nitrogens with two attached hydrogens (primary N) is 1. The number of allylic oxidation sites excluding steroid dienone is 2. The fourth-order valence-electron chi connectivity index (χ4n) is 2.61. The average Bonchev–Trinajstić information content (AvgIpc) is 2.84. The Morgan fingerprint density at radius 1 is 1.34 bits per heavy atom. The maximum atomic E-state index is 11.3. The van der Waals surface area contributed by atoms with Gasteiger partial charge in [-0.1, -0.05) is 39.0 Å². The minimum Gasteiger partial charge on any atom is -0.495 e. The Balaban J connectivity index is 0.000000290. The highest BCUT2D eigenvalue weighted by Gasteiger charge is 2.16. The Bertz CT molecular complexity index is 699. The monoisotopic (exact) mass is 422 g/mol. The second kappa shape index (κ2) is 12.5. The van der Waals surface area contributed by atoms with Crippen molar-refractivity contribution in [3.63, 3.8) is 0 Å². The number of fused-ring (bicyclic) bond motifs is 1. The molecule has 1 aliphatic heterocycles. The lowest BCUT2D eigenvalue weighted by molar-refractivity contribution is -0.128. The molecule has 0 bridgehead atoms. The molecule has 0 saturated heterocycles. The fourth-order valence-corrected chi connectivity index (χ4v) is 3.59. The van der Waals surface area contributed by atoms with Gasteiger partial charge in [-0.15, -0.1) is 11.8 Å². The number of unbranched alkanes of at least 4 members (excludes halogenated alkanes) is 1. The molecule has 162 valence electrons. The number of hydrogen-bond donors (Lipinski definition) is 2. The van der Waals surface area contributed by atoms with Crippen molar-refractivity contribution in [2.24, 2.45) is 11.1 Å². The minimum atomic E-state index is -0.437. The predicted molar refractivity (Wildman–Crippen MR) is 119 cm³/mol. The van der Waals surface area contributed by atoms with Gasteiger partial charge in [-0.05, 0) is 36.8 Å². The van der Waals surface area contributed by atoms with E-state index in [2.05, 4.69) is 38.2 Å². The summed E-state index contributed by atoms with van der Waals surface area (Å²) in [6.45, 7) is 6.47. The predicted octanol–water partition coefficient (Wildman–Crippen LogP) is 4.39. The van der Waals surface area contributed by atoms with Crippen molar-refractivity contribution in [2.45, 2.75) is 57.5 Å². The smallest absolute Gasteiger partial charge is 0.246 e. The van der Waals surface area contributed by atoms with Crippen LogP contribution in [-0.2, 0) is 14.3 Å². The first-order valence-corrected chi connectivity index (χ1v) is 10.8. The lowest BCUT2D eigenvalue weighted by atomic mass is 9.95. The van der Waals surface area contributed by atoms with Crippen molar-refractivity contribution in [3.8, 4) is 5.75 Å². The average molecular weight is 423 g/mol. The topological polar surface area (TPSA) is 90.7 Å². The Kier molecular flexibility index (Phi) is 10.8. The second-order valence-corrected chi connectivity index (χ2v) is 8.94. The molecule has 0 aliphatic carbocycles. The number of ether oxygens (including phenoxy) is 2. The molecule has 1 unspecified atom stereocenters. The van der Waals surface area contributed by atoms with Crippen molar-refractivity contribution in [1.82, 2.24) is 0 Å². The van der Waals surface area contributed by atoms with E-state index in [0.29, 0.717) is 12.8 Å². The Hall–Kier alpha value is -1.99. The summed E-state index contributed by atoms with van der Waals surface area (Å²) >= 11 is 1.68. The summed E-state index contributed by atoms with van der Waals surface area (Å²) < 4.78 is 10.1. The molecule has 1 aliphatic rings. The van der Waals surface area contributed by atoms with Crippen LogP contribution in [0.25, 0.3) is 0 Å². The van der Waals surface area contributed by atoms with E-state index in [1.165, 1.54) is 7.11 Å². The van der Waals surface area contributed by atoms with E-state index in [1.807, 2.05) is 18.2 Å². The van der Waals surface area contributed by atoms with Crippen molar-refractivity contribution >= 4 is 29.3 Å². The number of nitrogens with one attached hydrogen (secondary N) is 1. The lowest BCUT2D eigenvalue weighted by Crippen LogP contribution is -2.29. The summed E-state index contributed by atoms with van der Waals surface area (Å²) in [7, 11) is 3.12. The van der Waals surface area contributed by atoms with E-state index < -0.39 is 6.10 Å². The number of thioether (sulfide) groups is 1. The third-order valence-corrected chi connectivity index (χ3v) is 5.18. The summed E-state index contributed by atoms with van der Waals surface area (Å²) in [6, 6.07) is 5.78. The summed E-state index contributed by atoms with van der Waals surface area (Å²) in [5, 5.41) is 2.86. The molecule has 0 saturated carbocycles. The van der Waals surface area contributed by atoms with Crippen molar-refractivity contribution < 1.29 is 19.1 Å². The molecule has 0 aromatic heterocycles. The van der Waals surface area contributed by atoms with Crippen LogP contribution in [0, 0.1) is 5.41 Å². The molecule has 6 nitrogen and oxygen atoms in total. The molecule has 1 heterocycles. The van der Waals surface area contributed by atoms with Crippen molar-refractivity contribution in [1.29, 1.82) is 0 Å². The van der Waals surface area contributed by atoms with Gasteiger partial charge in [-0.25, -0.2) is 0 Å². The van der Waals surface area contributed by atoms with Crippen molar-refractivity contribution in [3.05, 3.63) is 30.4 Å². The number of rotatable bonds is 7. The van der Waals surface area contributed by atoms with Gasteiger partial charge in [0, 0.05) is 24.2 Å². The highest BCUT2D eigenvalue weighted by molar-refractivity contribution is 7.99. The SMILES string of the molecule is COC(CCC/C=C/C(C)(C)C)C(N)=O.COc1cccc2c1NC(=O)CCS2. The van der Waals surface area contributed by atoms with E-state index in [9.17, 15) is 9.59 Å². The fraction of sp³-hybridized carbons (Fsp3) is 0.545. The van der Waals surface area contributed by atoms with Gasteiger partial charge in [-0.2, -0.15) is 0 Å². The Morgan fingerprint density at radius 3 is 2.66 bits per heavy atom. The largest absolute Gasteiger partial charge is 0.495 e. The van der Waals surface area contributed by atoms with Crippen LogP contribution < -0.4 is 15.8 Å². The summed E-state index contributed by atoms with van der Waals surface area (Å²) in [4.78, 5) is 23.2. The normalized spacial score (nSPS) is 14.9. The Labute approximate surface area is 178 Å². The molecule has 29 heavy (non-hydrogen) atoms. The van der Waals surface area contributed by atoms with Crippen LogP contribution in [0.1, 0.15) is 46.5 Å². The van der Waals surface area contributed by atoms with Gasteiger partial charge in [-0.3, -0.25) is 9.59 Å². The van der Waals surface area contributed by atoms with E-state index in [0.717, 1.165) is 34.9 Å². The summed E-state index contributed by atoms with van der Waals surface area (Å²) in [5.74, 6) is 1.23. The molecule has 0 radical (unpaired) electrons. The van der Waals surface area contributed by atoms with E-state index in [1.54, 1.807) is 18.9 Å². The van der Waals surface area contributed by atoms with Gasteiger partial charge >= 0.3 is 0 Å². The van der Waals surface area contributed by atoms with Gasteiger partial charge in [0.2, 0.25) is 11.8 Å². The zero-order chi connectivity index (χ0) is 21.9. The van der Waals surface area contributed by atoms with Crippen LogP contribution in [-0.4, -0.2) is 37.9 Å². The van der Waals surface area contributed by atoms with Crippen LogP contribution in [0.3, 0.4) is 0 Å². The van der Waals surface area contributed by atoms with Gasteiger partial charge in [0.1, 0.15) is 11.9 Å². The molecular formula is C22H34N2O4S. The quantitative estimate of drug-likeness (QED) is 0.502. The first-order chi connectivity index (χ1) is 13.7. The van der Waals surface area contributed by atoms with Crippen LogP contribution >= 0.6 is 11.8 Å². The molecule has 0 spiro atoms. The second-order valence-electron chi connectivity index (χ2n) is 7.81. The van der Waals surface area contributed by atoms with Crippen LogP contribution in [0.5, 0.6) is 5.75 Å². The lowest BCUT2D eigenvalue weighted by Gasteiger charge is -2.12. The number of anilines is 1. The highest BCUT2D eigenvalue weighted by atomic mass is 32.2. The Morgan fingerprint density at radius 2 is 2.07 bits per heavy atom. The third kappa shape index (κ3) is 9.85. The third-order valence-electron chi connectivity index (χ3n) is 4.12. The number of benzene rings is 1. The standard InChI is InChI=1S/C12H23NO2.C10H11NO2S/c1-12(2,3)9-7-5-6-8-10(15-4)11(13)14;1-13-7-3-2-4-8-10(7)11-9(12)5-6-14-8/h7,9-10H,5-6,8H2,1-4H3,(H2,13,14);2-4H,5-6H2,1H3,(H,11,12)/b9-7+;. The van der Waals surface area contributed by atoms with E-state index in [4.69, 9.17) is 15.2 Å². The molecule has 1 atom stereocenters. The molecular weight excluding hydrogens is 388 g/mol. The minimum absolute atomic E-state index is 0.0563. The number of amides is 2. The molecule has 2 amide bonds. The molecule has 7 heteroatoms. The molecule has 1 aromatic carbocycles. The van der Waals surface area contributed by atoms with Crippen LogP contribution in [0.4, 0.5) is 5.69 Å². The molecule has 3 N–H and O–H groups in total. The van der Waals surface area contributed by atoms with Gasteiger partial charge in [0.15, 0.2) is 0 Å². The van der Waals surface area contributed by atoms with E-state index in [-0.39, 0.29) is 17.2 Å². The van der Waals surface area contributed by atoms with Crippen LogP contribution in [0.15, 0.2) is 35.2 Å². The first-order valence-electron chi connectivity index (χ1n) is 9.77. The number of carbonyl (C=O) groups is 2. The molecule has 1 aromatic rings. The number of para-hydroxylation sites is 1. The molecule has 0 fully saturated rings. The number of hydrogen-bond acceptors (Lipinski definition) is 5. The van der Waals surface area contributed by atoms with Gasteiger partial charge in [0.05, 0.1) is 12.8 Å². The number of primary amides is 1.